The van der Waals surface area contributed by atoms with E-state index in [1.54, 1.807) is 6.26 Å². The molecule has 4 heteroatoms. The summed E-state index contributed by atoms with van der Waals surface area (Å²) in [4.78, 5) is 0. The highest BCUT2D eigenvalue weighted by molar-refractivity contribution is 5.02. The standard InChI is InChI=1S/C10H17NO3/c1-9(10-3-2-6-14-10)11-4-7-13-8-5-12/h2-3,6,9,11-12H,4-5,7-8H2,1H3. The van der Waals surface area contributed by atoms with Crippen LogP contribution in [-0.4, -0.2) is 31.5 Å². The van der Waals surface area contributed by atoms with Crippen molar-refractivity contribution >= 4 is 0 Å². The second kappa shape index (κ2) is 6.59. The Morgan fingerprint density at radius 2 is 2.43 bits per heavy atom. The van der Waals surface area contributed by atoms with E-state index in [0.717, 1.165) is 12.3 Å². The van der Waals surface area contributed by atoms with Gasteiger partial charge < -0.3 is 19.6 Å². The van der Waals surface area contributed by atoms with Crippen LogP contribution in [0.25, 0.3) is 0 Å². The zero-order valence-electron chi connectivity index (χ0n) is 8.40. The van der Waals surface area contributed by atoms with E-state index in [2.05, 4.69) is 5.32 Å². The van der Waals surface area contributed by atoms with Crippen molar-refractivity contribution in [3.05, 3.63) is 24.2 Å². The highest BCUT2D eigenvalue weighted by atomic mass is 16.5. The molecular weight excluding hydrogens is 182 g/mol. The molecule has 1 aromatic rings. The van der Waals surface area contributed by atoms with Gasteiger partial charge in [0.25, 0.3) is 0 Å². The molecule has 0 aliphatic carbocycles. The molecule has 0 radical (unpaired) electrons. The Morgan fingerprint density at radius 3 is 3.07 bits per heavy atom. The molecule has 4 nitrogen and oxygen atoms in total. The van der Waals surface area contributed by atoms with E-state index in [1.807, 2.05) is 19.1 Å². The summed E-state index contributed by atoms with van der Waals surface area (Å²) in [6, 6.07) is 4.00. The molecule has 0 amide bonds. The summed E-state index contributed by atoms with van der Waals surface area (Å²) in [6.45, 7) is 3.86. The van der Waals surface area contributed by atoms with Crippen molar-refractivity contribution < 1.29 is 14.3 Å². The molecule has 2 N–H and O–H groups in total. The fourth-order valence-corrected chi connectivity index (χ4v) is 1.15. The third-order valence-electron chi connectivity index (χ3n) is 1.90. The Labute approximate surface area is 83.9 Å². The van der Waals surface area contributed by atoms with Crippen molar-refractivity contribution in [2.45, 2.75) is 13.0 Å². The van der Waals surface area contributed by atoms with Crippen molar-refractivity contribution in [3.8, 4) is 0 Å². The number of hydrogen-bond acceptors (Lipinski definition) is 4. The Bertz CT molecular complexity index is 223. The minimum absolute atomic E-state index is 0.0771. The molecule has 0 spiro atoms. The number of nitrogens with one attached hydrogen (secondary N) is 1. The normalized spacial score (nSPS) is 13.0. The molecule has 1 atom stereocenters. The van der Waals surface area contributed by atoms with Crippen LogP contribution in [0.1, 0.15) is 18.7 Å². The van der Waals surface area contributed by atoms with Crippen LogP contribution in [0.15, 0.2) is 22.8 Å². The molecule has 0 fully saturated rings. The van der Waals surface area contributed by atoms with Gasteiger partial charge in [0.15, 0.2) is 0 Å². The lowest BCUT2D eigenvalue weighted by molar-refractivity contribution is 0.0925. The maximum absolute atomic E-state index is 8.46. The number of rotatable bonds is 7. The zero-order valence-corrected chi connectivity index (χ0v) is 8.40. The van der Waals surface area contributed by atoms with Crippen molar-refractivity contribution in [1.82, 2.24) is 5.32 Å². The number of aliphatic hydroxyl groups is 1. The van der Waals surface area contributed by atoms with Crippen LogP contribution in [0.5, 0.6) is 0 Å². The van der Waals surface area contributed by atoms with Gasteiger partial charge >= 0.3 is 0 Å². The van der Waals surface area contributed by atoms with Crippen LogP contribution in [0, 0.1) is 0 Å². The molecule has 0 bridgehead atoms. The third kappa shape index (κ3) is 3.91. The topological polar surface area (TPSA) is 54.6 Å². The molecule has 1 rings (SSSR count). The smallest absolute Gasteiger partial charge is 0.120 e. The largest absolute Gasteiger partial charge is 0.468 e. The Morgan fingerprint density at radius 1 is 1.57 bits per heavy atom. The van der Waals surface area contributed by atoms with Gasteiger partial charge in [-0.1, -0.05) is 0 Å². The van der Waals surface area contributed by atoms with Gasteiger partial charge in [-0.25, -0.2) is 0 Å². The first kappa shape index (κ1) is 11.2. The summed E-state index contributed by atoms with van der Waals surface area (Å²) in [5.41, 5.74) is 0. The van der Waals surface area contributed by atoms with Gasteiger partial charge in [-0.05, 0) is 19.1 Å². The van der Waals surface area contributed by atoms with Gasteiger partial charge in [0.2, 0.25) is 0 Å². The lowest BCUT2D eigenvalue weighted by Crippen LogP contribution is -2.23. The van der Waals surface area contributed by atoms with Gasteiger partial charge in [0.05, 0.1) is 32.1 Å². The van der Waals surface area contributed by atoms with Crippen molar-refractivity contribution in [2.75, 3.05) is 26.4 Å². The molecule has 1 heterocycles. The average molecular weight is 199 g/mol. The van der Waals surface area contributed by atoms with Crippen LogP contribution in [-0.2, 0) is 4.74 Å². The highest BCUT2D eigenvalue weighted by Gasteiger charge is 2.05. The van der Waals surface area contributed by atoms with E-state index in [9.17, 15) is 0 Å². The summed E-state index contributed by atoms with van der Waals surface area (Å²) >= 11 is 0. The molecule has 1 unspecified atom stereocenters. The Hall–Kier alpha value is -0.840. The molecular formula is C10H17NO3. The molecule has 0 aliphatic rings. The SMILES string of the molecule is CC(NCCOCCO)c1ccco1. The van der Waals surface area contributed by atoms with Crippen molar-refractivity contribution in [2.24, 2.45) is 0 Å². The fourth-order valence-electron chi connectivity index (χ4n) is 1.15. The van der Waals surface area contributed by atoms with E-state index in [1.165, 1.54) is 0 Å². The van der Waals surface area contributed by atoms with Crippen molar-refractivity contribution in [3.63, 3.8) is 0 Å². The van der Waals surface area contributed by atoms with Crippen LogP contribution < -0.4 is 5.32 Å². The summed E-state index contributed by atoms with van der Waals surface area (Å²) in [7, 11) is 0. The summed E-state index contributed by atoms with van der Waals surface area (Å²) < 4.78 is 10.3. The predicted octanol–water partition coefficient (Wildman–Crippen LogP) is 0.939. The van der Waals surface area contributed by atoms with Crippen LogP contribution in [0.2, 0.25) is 0 Å². The summed E-state index contributed by atoms with van der Waals surface area (Å²) in [6.07, 6.45) is 1.66. The number of hydrogen-bond donors (Lipinski definition) is 2. The number of furan rings is 1. The van der Waals surface area contributed by atoms with Gasteiger partial charge in [-0.2, -0.15) is 0 Å². The van der Waals surface area contributed by atoms with Crippen LogP contribution in [0.4, 0.5) is 0 Å². The molecule has 80 valence electrons. The molecule has 0 aliphatic heterocycles. The van der Waals surface area contributed by atoms with Gasteiger partial charge in [-0.15, -0.1) is 0 Å². The molecule has 14 heavy (non-hydrogen) atoms. The lowest BCUT2D eigenvalue weighted by atomic mass is 10.2. The van der Waals surface area contributed by atoms with E-state index < -0.39 is 0 Å². The average Bonchev–Trinajstić information content (AvgIpc) is 2.70. The first-order valence-corrected chi connectivity index (χ1v) is 4.80. The van der Waals surface area contributed by atoms with Gasteiger partial charge in [0, 0.05) is 6.54 Å². The monoisotopic (exact) mass is 199 g/mol. The van der Waals surface area contributed by atoms with E-state index >= 15 is 0 Å². The summed E-state index contributed by atoms with van der Waals surface area (Å²) in [5, 5.41) is 11.7. The van der Waals surface area contributed by atoms with E-state index in [0.29, 0.717) is 13.2 Å². The second-order valence-corrected chi connectivity index (χ2v) is 3.03. The van der Waals surface area contributed by atoms with E-state index in [4.69, 9.17) is 14.3 Å². The highest BCUT2D eigenvalue weighted by Crippen LogP contribution is 2.11. The molecule has 1 aromatic heterocycles. The first-order valence-electron chi connectivity index (χ1n) is 4.80. The van der Waals surface area contributed by atoms with Gasteiger partial charge in [-0.3, -0.25) is 0 Å². The van der Waals surface area contributed by atoms with Gasteiger partial charge in [0.1, 0.15) is 5.76 Å². The zero-order chi connectivity index (χ0) is 10.2. The molecule has 0 saturated heterocycles. The molecule has 0 saturated carbocycles. The van der Waals surface area contributed by atoms with Crippen LogP contribution in [0.3, 0.4) is 0 Å². The Kier molecular flexibility index (Phi) is 5.29. The predicted molar refractivity (Wildman–Crippen MR) is 53.0 cm³/mol. The number of ether oxygens (including phenoxy) is 1. The first-order chi connectivity index (χ1) is 6.84. The van der Waals surface area contributed by atoms with E-state index in [-0.39, 0.29) is 12.6 Å². The maximum atomic E-state index is 8.46. The minimum Gasteiger partial charge on any atom is -0.468 e. The Balaban J connectivity index is 2.07. The molecule has 0 aromatic carbocycles. The maximum Gasteiger partial charge on any atom is 0.120 e. The minimum atomic E-state index is 0.0771. The quantitative estimate of drug-likeness (QED) is 0.642. The fraction of sp³-hybridized carbons (Fsp3) is 0.600. The third-order valence-corrected chi connectivity index (χ3v) is 1.90. The number of aliphatic hydroxyl groups excluding tert-OH is 1. The second-order valence-electron chi connectivity index (χ2n) is 3.03. The van der Waals surface area contributed by atoms with Crippen LogP contribution >= 0.6 is 0 Å². The lowest BCUT2D eigenvalue weighted by Gasteiger charge is -2.10. The van der Waals surface area contributed by atoms with Crippen molar-refractivity contribution in [1.29, 1.82) is 0 Å². The summed E-state index contributed by atoms with van der Waals surface area (Å²) in [5.74, 6) is 0.923.